The molecule has 2 fully saturated rings. The van der Waals surface area contributed by atoms with Gasteiger partial charge in [0.1, 0.15) is 5.76 Å². The van der Waals surface area contributed by atoms with E-state index in [1.165, 1.54) is 36.8 Å². The predicted octanol–water partition coefficient (Wildman–Crippen LogP) is 4.11. The Labute approximate surface area is 168 Å². The third-order valence-electron chi connectivity index (χ3n) is 7.42. The molecule has 4 heteroatoms. The van der Waals surface area contributed by atoms with Crippen LogP contribution in [-0.2, 0) is 12.0 Å². The number of benzene rings is 1. The van der Waals surface area contributed by atoms with Crippen molar-refractivity contribution in [1.29, 1.82) is 0 Å². The first-order valence-corrected chi connectivity index (χ1v) is 11.0. The second kappa shape index (κ2) is 7.66. The van der Waals surface area contributed by atoms with Crippen LogP contribution in [0.15, 0.2) is 47.1 Å². The summed E-state index contributed by atoms with van der Waals surface area (Å²) in [6.45, 7) is 5.14. The summed E-state index contributed by atoms with van der Waals surface area (Å²) >= 11 is 0. The van der Waals surface area contributed by atoms with Crippen LogP contribution in [0.1, 0.15) is 61.5 Å². The highest BCUT2D eigenvalue weighted by atomic mass is 16.3. The Morgan fingerprint density at radius 3 is 2.39 bits per heavy atom. The molecule has 0 bridgehead atoms. The number of piperidine rings is 1. The number of hydrogen-bond acceptors (Lipinski definition) is 4. The van der Waals surface area contributed by atoms with E-state index in [1.807, 2.05) is 6.07 Å². The van der Waals surface area contributed by atoms with Gasteiger partial charge in [-0.1, -0.05) is 37.1 Å². The lowest BCUT2D eigenvalue weighted by molar-refractivity contribution is -0.0163. The van der Waals surface area contributed by atoms with Gasteiger partial charge in [-0.25, -0.2) is 0 Å². The Morgan fingerprint density at radius 1 is 0.929 bits per heavy atom. The standard InChI is InChI=1S/C24H32N2O2/c27-23-22(26-13-5-1-2-6-14-26)20-9-3-4-10-21(20)24(23)11-15-25(16-12-24)18-19-8-7-17-28-19/h3-4,7-10,17,22-23,27H,1-2,5-6,11-16,18H2/t22-,23+/m1/s1. The van der Waals surface area contributed by atoms with Gasteiger partial charge in [0.15, 0.2) is 0 Å². The van der Waals surface area contributed by atoms with Crippen molar-refractivity contribution >= 4 is 0 Å². The Kier molecular flexibility index (Phi) is 5.04. The van der Waals surface area contributed by atoms with Crippen LogP contribution < -0.4 is 0 Å². The van der Waals surface area contributed by atoms with Crippen LogP contribution in [0.5, 0.6) is 0 Å². The lowest BCUT2D eigenvalue weighted by atomic mass is 9.72. The zero-order valence-electron chi connectivity index (χ0n) is 16.7. The number of rotatable bonds is 3. The average molecular weight is 381 g/mol. The summed E-state index contributed by atoms with van der Waals surface area (Å²) in [7, 11) is 0. The van der Waals surface area contributed by atoms with Crippen molar-refractivity contribution in [2.45, 2.75) is 62.6 Å². The summed E-state index contributed by atoms with van der Waals surface area (Å²) in [5.41, 5.74) is 2.71. The minimum atomic E-state index is -0.297. The molecule has 4 nitrogen and oxygen atoms in total. The van der Waals surface area contributed by atoms with E-state index in [0.717, 1.165) is 51.3 Å². The minimum absolute atomic E-state index is 0.0901. The van der Waals surface area contributed by atoms with Crippen molar-refractivity contribution in [3.8, 4) is 0 Å². The molecule has 2 atom stereocenters. The van der Waals surface area contributed by atoms with Gasteiger partial charge in [0.05, 0.1) is 25.0 Å². The van der Waals surface area contributed by atoms with E-state index >= 15 is 0 Å². The lowest BCUT2D eigenvalue weighted by Gasteiger charge is -2.43. The third kappa shape index (κ3) is 3.12. The molecule has 28 heavy (non-hydrogen) atoms. The fraction of sp³-hybridized carbons (Fsp3) is 0.583. The van der Waals surface area contributed by atoms with Gasteiger partial charge in [0.25, 0.3) is 0 Å². The highest BCUT2D eigenvalue weighted by Gasteiger charge is 2.53. The molecule has 0 radical (unpaired) electrons. The first-order valence-electron chi connectivity index (χ1n) is 11.0. The molecule has 5 rings (SSSR count). The largest absolute Gasteiger partial charge is 0.468 e. The maximum Gasteiger partial charge on any atom is 0.117 e. The molecule has 0 saturated carbocycles. The molecule has 1 spiro atoms. The first-order chi connectivity index (χ1) is 13.8. The SMILES string of the molecule is O[C@H]1[C@H](N2CCCCCC2)c2ccccc2C12CCN(Cc1ccco1)CC2. The molecule has 2 aliphatic heterocycles. The molecule has 1 aromatic heterocycles. The molecule has 1 aromatic carbocycles. The first kappa shape index (κ1) is 18.4. The Bertz CT molecular complexity index is 772. The number of furan rings is 1. The van der Waals surface area contributed by atoms with Crippen molar-refractivity contribution in [2.75, 3.05) is 26.2 Å². The smallest absolute Gasteiger partial charge is 0.117 e. The molecule has 0 amide bonds. The molecule has 3 aliphatic rings. The van der Waals surface area contributed by atoms with Crippen molar-refractivity contribution in [3.63, 3.8) is 0 Å². The molecule has 0 unspecified atom stereocenters. The highest BCUT2D eigenvalue weighted by Crippen LogP contribution is 2.53. The van der Waals surface area contributed by atoms with Gasteiger partial charge in [-0.05, 0) is 75.1 Å². The molecular formula is C24H32N2O2. The number of nitrogens with zero attached hydrogens (tertiary/aromatic N) is 2. The fourth-order valence-corrected chi connectivity index (χ4v) is 5.91. The summed E-state index contributed by atoms with van der Waals surface area (Å²) in [6.07, 6.45) is 8.68. The van der Waals surface area contributed by atoms with Gasteiger partial charge in [0, 0.05) is 5.41 Å². The lowest BCUT2D eigenvalue weighted by Crippen LogP contribution is -2.49. The topological polar surface area (TPSA) is 39.9 Å². The Morgan fingerprint density at radius 2 is 1.68 bits per heavy atom. The highest BCUT2D eigenvalue weighted by molar-refractivity contribution is 5.45. The molecule has 3 heterocycles. The molecular weight excluding hydrogens is 348 g/mol. The van der Waals surface area contributed by atoms with Crippen molar-refractivity contribution in [1.82, 2.24) is 9.80 Å². The van der Waals surface area contributed by atoms with Crippen LogP contribution in [0.25, 0.3) is 0 Å². The van der Waals surface area contributed by atoms with Crippen molar-refractivity contribution < 1.29 is 9.52 Å². The summed E-state index contributed by atoms with van der Waals surface area (Å²) < 4.78 is 5.54. The number of fused-ring (bicyclic) bond motifs is 2. The minimum Gasteiger partial charge on any atom is -0.468 e. The monoisotopic (exact) mass is 380 g/mol. The maximum atomic E-state index is 11.7. The van der Waals surface area contributed by atoms with Gasteiger partial charge < -0.3 is 9.52 Å². The molecule has 2 saturated heterocycles. The second-order valence-electron chi connectivity index (χ2n) is 8.94. The predicted molar refractivity (Wildman–Crippen MR) is 110 cm³/mol. The summed E-state index contributed by atoms with van der Waals surface area (Å²) in [4.78, 5) is 5.05. The Hall–Kier alpha value is -1.62. The van der Waals surface area contributed by atoms with E-state index in [2.05, 4.69) is 40.1 Å². The molecule has 150 valence electrons. The van der Waals surface area contributed by atoms with E-state index in [4.69, 9.17) is 4.42 Å². The van der Waals surface area contributed by atoms with E-state index in [0.29, 0.717) is 0 Å². The van der Waals surface area contributed by atoms with Crippen molar-refractivity contribution in [2.24, 2.45) is 0 Å². The normalized spacial score (nSPS) is 28.3. The number of hydrogen-bond donors (Lipinski definition) is 1. The number of aliphatic hydroxyl groups excluding tert-OH is 1. The van der Waals surface area contributed by atoms with Crippen LogP contribution in [0.4, 0.5) is 0 Å². The summed E-state index contributed by atoms with van der Waals surface area (Å²) in [6, 6.07) is 13.1. The number of aliphatic hydroxyl groups is 1. The van der Waals surface area contributed by atoms with Gasteiger partial charge in [-0.2, -0.15) is 0 Å². The van der Waals surface area contributed by atoms with E-state index in [1.54, 1.807) is 6.26 Å². The summed E-state index contributed by atoms with van der Waals surface area (Å²) in [5, 5.41) is 11.7. The molecule has 1 aliphatic carbocycles. The van der Waals surface area contributed by atoms with Crippen LogP contribution in [-0.4, -0.2) is 47.2 Å². The van der Waals surface area contributed by atoms with Gasteiger partial charge in [-0.3, -0.25) is 9.80 Å². The van der Waals surface area contributed by atoms with E-state index in [-0.39, 0.29) is 17.6 Å². The molecule has 1 N–H and O–H groups in total. The van der Waals surface area contributed by atoms with Crippen LogP contribution in [0.3, 0.4) is 0 Å². The average Bonchev–Trinajstić information content (AvgIpc) is 3.20. The van der Waals surface area contributed by atoms with Crippen molar-refractivity contribution in [3.05, 3.63) is 59.5 Å². The number of likely N-dealkylation sites (tertiary alicyclic amines) is 2. The Balaban J connectivity index is 1.39. The zero-order valence-corrected chi connectivity index (χ0v) is 16.7. The van der Waals surface area contributed by atoms with Gasteiger partial charge in [-0.15, -0.1) is 0 Å². The molecule has 2 aromatic rings. The quantitative estimate of drug-likeness (QED) is 0.870. The fourth-order valence-electron chi connectivity index (χ4n) is 5.91. The van der Waals surface area contributed by atoms with E-state index < -0.39 is 0 Å². The maximum absolute atomic E-state index is 11.7. The second-order valence-corrected chi connectivity index (χ2v) is 8.94. The van der Waals surface area contributed by atoms with Gasteiger partial charge in [0.2, 0.25) is 0 Å². The summed E-state index contributed by atoms with van der Waals surface area (Å²) in [5.74, 6) is 1.03. The van der Waals surface area contributed by atoms with Crippen LogP contribution in [0, 0.1) is 0 Å². The van der Waals surface area contributed by atoms with Crippen LogP contribution in [0.2, 0.25) is 0 Å². The van der Waals surface area contributed by atoms with Crippen LogP contribution >= 0.6 is 0 Å². The van der Waals surface area contributed by atoms with E-state index in [9.17, 15) is 5.11 Å². The third-order valence-corrected chi connectivity index (χ3v) is 7.42. The zero-order chi connectivity index (χ0) is 19.0. The van der Waals surface area contributed by atoms with Gasteiger partial charge >= 0.3 is 0 Å².